The molecule has 1 amide bonds. The zero-order valence-corrected chi connectivity index (χ0v) is 14.4. The van der Waals surface area contributed by atoms with Crippen molar-refractivity contribution in [2.75, 3.05) is 5.32 Å². The minimum absolute atomic E-state index is 0.162. The number of anilines is 1. The average Bonchev–Trinajstić information content (AvgIpc) is 3.00. The molecule has 0 unspecified atom stereocenters. The average molecular weight is 353 g/mol. The molecule has 0 aliphatic carbocycles. The van der Waals surface area contributed by atoms with Crippen molar-refractivity contribution in [3.05, 3.63) is 114 Å². The first-order valence-electron chi connectivity index (χ1n) is 8.86. The van der Waals surface area contributed by atoms with Crippen LogP contribution in [0.2, 0.25) is 0 Å². The fraction of sp³-hybridized carbons (Fsp3) is 0.0417. The molecule has 0 saturated heterocycles. The second-order valence-corrected chi connectivity index (χ2v) is 6.82. The number of carbonyl (C=O) groups is 1. The fourth-order valence-corrected chi connectivity index (χ4v) is 4.12. The first kappa shape index (κ1) is 15.8. The number of rotatable bonds is 2. The zero-order valence-electron chi connectivity index (χ0n) is 14.4. The third-order valence-corrected chi connectivity index (χ3v) is 5.36. The molecule has 4 aromatic rings. The van der Waals surface area contributed by atoms with Gasteiger partial charge in [0.1, 0.15) is 11.2 Å². The van der Waals surface area contributed by atoms with Crippen molar-refractivity contribution in [2.24, 2.45) is 0 Å². The number of carbonyl (C=O) groups excluding carboxylic acids is 1. The maximum absolute atomic E-state index is 14.2. The van der Waals surface area contributed by atoms with E-state index >= 15 is 0 Å². The third-order valence-electron chi connectivity index (χ3n) is 5.36. The molecule has 0 spiro atoms. The number of fused-ring (bicyclic) bond motifs is 2. The highest BCUT2D eigenvalue weighted by Crippen LogP contribution is 2.48. The lowest BCUT2D eigenvalue weighted by Gasteiger charge is -2.29. The standard InChI is InChI=1S/C24H16FNO/c25-20-12-13-22-21(15-20)24(23(27)26-22,18-8-2-1-3-9-18)19-11-10-16-6-4-5-7-17(16)14-19/h1-15H,(H,26,27)/t24-/m0/s1. The lowest BCUT2D eigenvalue weighted by molar-refractivity contribution is -0.118. The molecule has 27 heavy (non-hydrogen) atoms. The van der Waals surface area contributed by atoms with Crippen LogP contribution in [0.4, 0.5) is 10.1 Å². The number of halogens is 1. The maximum atomic E-state index is 14.2. The zero-order chi connectivity index (χ0) is 18.4. The summed E-state index contributed by atoms with van der Waals surface area (Å²) < 4.78 is 14.2. The van der Waals surface area contributed by atoms with Crippen molar-refractivity contribution < 1.29 is 9.18 Å². The molecule has 1 aliphatic rings. The lowest BCUT2D eigenvalue weighted by atomic mass is 9.70. The van der Waals surface area contributed by atoms with Crippen LogP contribution in [0.5, 0.6) is 0 Å². The summed E-state index contributed by atoms with van der Waals surface area (Å²) in [5.74, 6) is -0.518. The van der Waals surface area contributed by atoms with Gasteiger partial charge in [-0.3, -0.25) is 4.79 Å². The second kappa shape index (κ2) is 5.78. The van der Waals surface area contributed by atoms with Crippen LogP contribution in [-0.2, 0) is 10.2 Å². The summed E-state index contributed by atoms with van der Waals surface area (Å²) in [4.78, 5) is 13.4. The predicted molar refractivity (Wildman–Crippen MR) is 105 cm³/mol. The van der Waals surface area contributed by atoms with Crippen LogP contribution in [-0.4, -0.2) is 5.91 Å². The Kier molecular flexibility index (Phi) is 3.37. The van der Waals surface area contributed by atoms with E-state index < -0.39 is 5.41 Å². The van der Waals surface area contributed by atoms with Crippen molar-refractivity contribution in [1.29, 1.82) is 0 Å². The van der Waals surface area contributed by atoms with Gasteiger partial charge in [0.05, 0.1) is 0 Å². The molecule has 130 valence electrons. The van der Waals surface area contributed by atoms with Crippen molar-refractivity contribution in [3.63, 3.8) is 0 Å². The molecule has 1 aliphatic heterocycles. The molecule has 0 fully saturated rings. The van der Waals surface area contributed by atoms with Gasteiger partial charge in [-0.2, -0.15) is 0 Å². The van der Waals surface area contributed by atoms with Crippen LogP contribution in [0.15, 0.2) is 91.0 Å². The van der Waals surface area contributed by atoms with Crippen molar-refractivity contribution in [3.8, 4) is 0 Å². The van der Waals surface area contributed by atoms with E-state index in [-0.39, 0.29) is 11.7 Å². The Morgan fingerprint density at radius 2 is 1.44 bits per heavy atom. The summed E-state index contributed by atoms with van der Waals surface area (Å²) in [7, 11) is 0. The summed E-state index contributed by atoms with van der Waals surface area (Å²) in [6.45, 7) is 0. The Balaban J connectivity index is 1.88. The lowest BCUT2D eigenvalue weighted by Crippen LogP contribution is -2.37. The van der Waals surface area contributed by atoms with Gasteiger partial charge in [0, 0.05) is 11.3 Å². The monoisotopic (exact) mass is 353 g/mol. The molecule has 0 radical (unpaired) electrons. The van der Waals surface area contributed by atoms with E-state index in [0.29, 0.717) is 11.3 Å². The van der Waals surface area contributed by atoms with Gasteiger partial charge >= 0.3 is 0 Å². The number of hydrogen-bond donors (Lipinski definition) is 1. The smallest absolute Gasteiger partial charge is 0.244 e. The van der Waals surface area contributed by atoms with E-state index in [2.05, 4.69) is 5.32 Å². The van der Waals surface area contributed by atoms with E-state index in [1.165, 1.54) is 12.1 Å². The summed E-state index contributed by atoms with van der Waals surface area (Å²) >= 11 is 0. The highest BCUT2D eigenvalue weighted by molar-refractivity contribution is 6.11. The molecule has 0 saturated carbocycles. The SMILES string of the molecule is O=C1Nc2ccc(F)cc2[C@]1(c1ccccc1)c1ccc2ccccc2c1. The van der Waals surface area contributed by atoms with Gasteiger partial charge < -0.3 is 5.32 Å². The van der Waals surface area contributed by atoms with Gasteiger partial charge in [-0.25, -0.2) is 4.39 Å². The van der Waals surface area contributed by atoms with Crippen LogP contribution in [0.1, 0.15) is 16.7 Å². The van der Waals surface area contributed by atoms with Crippen molar-refractivity contribution in [1.82, 2.24) is 0 Å². The van der Waals surface area contributed by atoms with E-state index in [0.717, 1.165) is 21.9 Å². The minimum Gasteiger partial charge on any atom is -0.324 e. The molecule has 1 atom stereocenters. The molecular formula is C24H16FNO. The highest BCUT2D eigenvalue weighted by Gasteiger charge is 2.49. The van der Waals surface area contributed by atoms with E-state index in [1.807, 2.05) is 72.8 Å². The normalized spacial score (nSPS) is 18.3. The summed E-state index contributed by atoms with van der Waals surface area (Å²) in [6, 6.07) is 28.1. The van der Waals surface area contributed by atoms with Crippen LogP contribution in [0.25, 0.3) is 10.8 Å². The molecular weight excluding hydrogens is 337 g/mol. The van der Waals surface area contributed by atoms with Crippen LogP contribution < -0.4 is 5.32 Å². The first-order chi connectivity index (χ1) is 13.2. The largest absolute Gasteiger partial charge is 0.324 e. The molecule has 0 bridgehead atoms. The quantitative estimate of drug-likeness (QED) is 0.523. The van der Waals surface area contributed by atoms with Crippen molar-refractivity contribution >= 4 is 22.4 Å². The van der Waals surface area contributed by atoms with E-state index in [1.54, 1.807) is 6.07 Å². The van der Waals surface area contributed by atoms with Crippen LogP contribution in [0, 0.1) is 5.82 Å². The van der Waals surface area contributed by atoms with E-state index in [9.17, 15) is 9.18 Å². The first-order valence-corrected chi connectivity index (χ1v) is 8.86. The predicted octanol–water partition coefficient (Wildman–Crippen LogP) is 5.27. The Morgan fingerprint density at radius 3 is 2.26 bits per heavy atom. The second-order valence-electron chi connectivity index (χ2n) is 6.82. The van der Waals surface area contributed by atoms with Crippen LogP contribution >= 0.6 is 0 Å². The van der Waals surface area contributed by atoms with Gasteiger partial charge in [-0.15, -0.1) is 0 Å². The van der Waals surface area contributed by atoms with Crippen LogP contribution in [0.3, 0.4) is 0 Å². The Labute approximate surface area is 156 Å². The number of amides is 1. The van der Waals surface area contributed by atoms with E-state index in [4.69, 9.17) is 0 Å². The molecule has 0 aromatic heterocycles. The molecule has 1 heterocycles. The summed E-state index contributed by atoms with van der Waals surface area (Å²) in [5, 5.41) is 5.10. The summed E-state index contributed by atoms with van der Waals surface area (Å²) in [5.41, 5.74) is 1.87. The highest BCUT2D eigenvalue weighted by atomic mass is 19.1. The maximum Gasteiger partial charge on any atom is 0.244 e. The molecule has 2 nitrogen and oxygen atoms in total. The number of nitrogens with one attached hydrogen (secondary N) is 1. The number of benzene rings is 4. The summed E-state index contributed by atoms with van der Waals surface area (Å²) in [6.07, 6.45) is 0. The van der Waals surface area contributed by atoms with Gasteiger partial charge in [0.25, 0.3) is 0 Å². The van der Waals surface area contributed by atoms with Gasteiger partial charge in [0.2, 0.25) is 5.91 Å². The molecule has 1 N–H and O–H groups in total. The molecule has 4 aromatic carbocycles. The third kappa shape index (κ3) is 2.21. The Bertz CT molecular complexity index is 1190. The Morgan fingerprint density at radius 1 is 0.704 bits per heavy atom. The van der Waals surface area contributed by atoms with Gasteiger partial charge in [-0.1, -0.05) is 66.7 Å². The van der Waals surface area contributed by atoms with Gasteiger partial charge in [-0.05, 0) is 46.2 Å². The fourth-order valence-electron chi connectivity index (χ4n) is 4.12. The molecule has 3 heteroatoms. The molecule has 5 rings (SSSR count). The Hall–Kier alpha value is -3.46. The topological polar surface area (TPSA) is 29.1 Å². The van der Waals surface area contributed by atoms with Crippen molar-refractivity contribution in [2.45, 2.75) is 5.41 Å². The number of hydrogen-bond acceptors (Lipinski definition) is 1. The van der Waals surface area contributed by atoms with Gasteiger partial charge in [0.15, 0.2) is 0 Å². The minimum atomic E-state index is -1.08.